The van der Waals surface area contributed by atoms with E-state index in [1.54, 1.807) is 7.05 Å². The van der Waals surface area contributed by atoms with Gasteiger partial charge in [0.05, 0.1) is 16.9 Å². The first-order chi connectivity index (χ1) is 7.69. The molecule has 0 radical (unpaired) electrons. The minimum atomic E-state index is 0.175. The molecule has 0 aliphatic heterocycles. The van der Waals surface area contributed by atoms with Gasteiger partial charge in [0.25, 0.3) is 0 Å². The number of nitrogens with zero attached hydrogens (tertiary/aromatic N) is 3. The number of nitriles is 2. The highest BCUT2D eigenvalue weighted by Gasteiger charge is 2.16. The van der Waals surface area contributed by atoms with Crippen LogP contribution in [0.1, 0.15) is 30.2 Å². The molecular weight excluding hydrogens is 202 g/mol. The molecule has 1 aromatic rings. The molecule has 5 nitrogen and oxygen atoms in total. The van der Waals surface area contributed by atoms with E-state index >= 15 is 0 Å². The van der Waals surface area contributed by atoms with Gasteiger partial charge >= 0.3 is 0 Å². The van der Waals surface area contributed by atoms with Crippen LogP contribution < -0.4 is 11.1 Å². The van der Waals surface area contributed by atoms with Crippen LogP contribution in [-0.4, -0.2) is 12.0 Å². The second-order valence-corrected chi connectivity index (χ2v) is 3.29. The number of hydrogen-bond donors (Lipinski definition) is 2. The van der Waals surface area contributed by atoms with E-state index in [2.05, 4.69) is 16.4 Å². The number of hydrogen-bond acceptors (Lipinski definition) is 5. The predicted molar refractivity (Wildman–Crippen MR) is 61.6 cm³/mol. The van der Waals surface area contributed by atoms with Crippen molar-refractivity contribution in [1.82, 2.24) is 4.98 Å². The normalized spacial score (nSPS) is 9.25. The minimum Gasteiger partial charge on any atom is -0.386 e. The smallest absolute Gasteiger partial charge is 0.143 e. The van der Waals surface area contributed by atoms with Gasteiger partial charge in [0, 0.05) is 7.05 Å². The summed E-state index contributed by atoms with van der Waals surface area (Å²) in [6.45, 7) is 2.00. The maximum Gasteiger partial charge on any atom is 0.143 e. The van der Waals surface area contributed by atoms with Crippen LogP contribution in [0.15, 0.2) is 0 Å². The molecule has 1 heterocycles. The summed E-state index contributed by atoms with van der Waals surface area (Å²) in [4.78, 5) is 4.11. The molecule has 0 saturated heterocycles. The molecule has 0 atom stereocenters. The standard InChI is InChI=1S/C11H13N5/c1-3-4-9-7(5-12)10(15-2)8(6-13)11(14)16-9/h3-4H2,1-2H3,(H3,14,15,16). The molecule has 0 saturated carbocycles. The number of nitrogen functional groups attached to an aromatic ring is 1. The highest BCUT2D eigenvalue weighted by Crippen LogP contribution is 2.26. The predicted octanol–water partition coefficient (Wildman–Crippen LogP) is 1.40. The molecule has 0 aliphatic rings. The number of rotatable bonds is 3. The van der Waals surface area contributed by atoms with Crippen LogP contribution >= 0.6 is 0 Å². The van der Waals surface area contributed by atoms with Crippen molar-refractivity contribution in [3.8, 4) is 12.1 Å². The molecule has 82 valence electrons. The lowest BCUT2D eigenvalue weighted by Gasteiger charge is -2.11. The summed E-state index contributed by atoms with van der Waals surface area (Å²) < 4.78 is 0. The Morgan fingerprint density at radius 2 is 1.94 bits per heavy atom. The van der Waals surface area contributed by atoms with Gasteiger partial charge in [-0.2, -0.15) is 10.5 Å². The zero-order chi connectivity index (χ0) is 12.1. The van der Waals surface area contributed by atoms with Crippen molar-refractivity contribution in [3.63, 3.8) is 0 Å². The summed E-state index contributed by atoms with van der Waals surface area (Å²) in [6, 6.07) is 4.03. The van der Waals surface area contributed by atoms with Crippen LogP contribution in [0.25, 0.3) is 0 Å². The van der Waals surface area contributed by atoms with E-state index < -0.39 is 0 Å². The van der Waals surface area contributed by atoms with Crippen molar-refractivity contribution in [2.45, 2.75) is 19.8 Å². The van der Waals surface area contributed by atoms with E-state index in [9.17, 15) is 0 Å². The van der Waals surface area contributed by atoms with Crippen LogP contribution in [0.4, 0.5) is 11.5 Å². The molecule has 5 heteroatoms. The van der Waals surface area contributed by atoms with Crippen LogP contribution in [0.2, 0.25) is 0 Å². The largest absolute Gasteiger partial charge is 0.386 e. The van der Waals surface area contributed by atoms with Crippen molar-refractivity contribution in [2.24, 2.45) is 0 Å². The third-order valence-corrected chi connectivity index (χ3v) is 2.26. The second-order valence-electron chi connectivity index (χ2n) is 3.29. The Kier molecular flexibility index (Phi) is 3.68. The summed E-state index contributed by atoms with van der Waals surface area (Å²) in [5.41, 5.74) is 7.44. The zero-order valence-electron chi connectivity index (χ0n) is 9.33. The van der Waals surface area contributed by atoms with E-state index in [1.165, 1.54) is 0 Å². The Labute approximate surface area is 94.5 Å². The third kappa shape index (κ3) is 1.89. The first-order valence-corrected chi connectivity index (χ1v) is 4.99. The lowest BCUT2D eigenvalue weighted by Crippen LogP contribution is -2.08. The fraction of sp³-hybridized carbons (Fsp3) is 0.364. The van der Waals surface area contributed by atoms with E-state index in [4.69, 9.17) is 16.3 Å². The number of aromatic nitrogens is 1. The fourth-order valence-electron chi connectivity index (χ4n) is 1.56. The quantitative estimate of drug-likeness (QED) is 0.794. The van der Waals surface area contributed by atoms with E-state index in [-0.39, 0.29) is 11.4 Å². The maximum absolute atomic E-state index is 9.09. The molecule has 0 aromatic carbocycles. The van der Waals surface area contributed by atoms with Gasteiger partial charge in [-0.25, -0.2) is 4.98 Å². The van der Waals surface area contributed by atoms with Gasteiger partial charge in [-0.15, -0.1) is 0 Å². The average Bonchev–Trinajstić information content (AvgIpc) is 2.28. The van der Waals surface area contributed by atoms with Gasteiger partial charge < -0.3 is 11.1 Å². The van der Waals surface area contributed by atoms with Crippen molar-refractivity contribution in [1.29, 1.82) is 10.5 Å². The first kappa shape index (κ1) is 11.8. The highest BCUT2D eigenvalue weighted by atomic mass is 14.9. The van der Waals surface area contributed by atoms with Crippen LogP contribution in [0, 0.1) is 22.7 Å². The number of anilines is 2. The Morgan fingerprint density at radius 1 is 1.31 bits per heavy atom. The average molecular weight is 215 g/mol. The Morgan fingerprint density at radius 3 is 2.38 bits per heavy atom. The monoisotopic (exact) mass is 215 g/mol. The lowest BCUT2D eigenvalue weighted by atomic mass is 10.0. The molecule has 0 fully saturated rings. The van der Waals surface area contributed by atoms with E-state index in [0.29, 0.717) is 23.4 Å². The SMILES string of the molecule is CCCc1nc(N)c(C#N)c(NC)c1C#N. The van der Waals surface area contributed by atoms with Gasteiger partial charge in [-0.05, 0) is 6.42 Å². The second kappa shape index (κ2) is 4.99. The molecular formula is C11H13N5. The summed E-state index contributed by atoms with van der Waals surface area (Å²) >= 11 is 0. The van der Waals surface area contributed by atoms with Gasteiger partial charge in [-0.3, -0.25) is 0 Å². The molecule has 0 amide bonds. The van der Waals surface area contributed by atoms with E-state index in [1.807, 2.05) is 13.0 Å². The van der Waals surface area contributed by atoms with Crippen LogP contribution in [-0.2, 0) is 6.42 Å². The molecule has 0 bridgehead atoms. The molecule has 3 N–H and O–H groups in total. The fourth-order valence-corrected chi connectivity index (χ4v) is 1.56. The molecule has 16 heavy (non-hydrogen) atoms. The molecule has 0 unspecified atom stereocenters. The number of nitrogens with two attached hydrogens (primary N) is 1. The van der Waals surface area contributed by atoms with Crippen molar-refractivity contribution >= 4 is 11.5 Å². The highest BCUT2D eigenvalue weighted by molar-refractivity contribution is 5.74. The minimum absolute atomic E-state index is 0.175. The van der Waals surface area contributed by atoms with Gasteiger partial charge in [0.1, 0.15) is 23.5 Å². The van der Waals surface area contributed by atoms with Gasteiger partial charge in [-0.1, -0.05) is 13.3 Å². The number of pyridine rings is 1. The van der Waals surface area contributed by atoms with E-state index in [0.717, 1.165) is 6.42 Å². The lowest BCUT2D eigenvalue weighted by molar-refractivity contribution is 0.880. The summed E-state index contributed by atoms with van der Waals surface area (Å²) in [6.07, 6.45) is 1.55. The first-order valence-electron chi connectivity index (χ1n) is 4.99. The summed E-state index contributed by atoms with van der Waals surface area (Å²) in [5.74, 6) is 0.175. The molecule has 0 aliphatic carbocycles. The Bertz CT molecular complexity index is 479. The van der Waals surface area contributed by atoms with Gasteiger partial charge in [0.15, 0.2) is 0 Å². The molecule has 1 rings (SSSR count). The van der Waals surface area contributed by atoms with Gasteiger partial charge in [0.2, 0.25) is 0 Å². The Balaban J connectivity index is 3.53. The molecule has 1 aromatic heterocycles. The zero-order valence-corrected chi connectivity index (χ0v) is 9.33. The maximum atomic E-state index is 9.09. The van der Waals surface area contributed by atoms with Crippen molar-refractivity contribution < 1.29 is 0 Å². The van der Waals surface area contributed by atoms with Crippen LogP contribution in [0.5, 0.6) is 0 Å². The van der Waals surface area contributed by atoms with Crippen molar-refractivity contribution in [3.05, 3.63) is 16.8 Å². The third-order valence-electron chi connectivity index (χ3n) is 2.26. The van der Waals surface area contributed by atoms with Crippen molar-refractivity contribution in [2.75, 3.05) is 18.1 Å². The summed E-state index contributed by atoms with van der Waals surface area (Å²) in [5, 5.41) is 20.9. The number of nitrogens with one attached hydrogen (secondary N) is 1. The Hall–Kier alpha value is -2.27. The topological polar surface area (TPSA) is 98.5 Å². The van der Waals surface area contributed by atoms with Crippen LogP contribution in [0.3, 0.4) is 0 Å². The summed E-state index contributed by atoms with van der Waals surface area (Å²) in [7, 11) is 1.66. The molecule has 0 spiro atoms. The number of aryl methyl sites for hydroxylation is 1.